The second kappa shape index (κ2) is 7.68. The summed E-state index contributed by atoms with van der Waals surface area (Å²) in [6.07, 6.45) is 3.68. The maximum absolute atomic E-state index is 12.9. The lowest BCUT2D eigenvalue weighted by Gasteiger charge is -2.50. The van der Waals surface area contributed by atoms with Crippen LogP contribution in [0.3, 0.4) is 0 Å². The summed E-state index contributed by atoms with van der Waals surface area (Å²) in [5.41, 5.74) is 2.57. The molecule has 2 amide bonds. The molecule has 1 aromatic carbocycles. The van der Waals surface area contributed by atoms with Crippen molar-refractivity contribution >= 4 is 11.8 Å². The number of piperidine rings is 1. The maximum Gasteiger partial charge on any atom is 0.253 e. The zero-order chi connectivity index (χ0) is 20.4. The smallest absolute Gasteiger partial charge is 0.253 e. The van der Waals surface area contributed by atoms with E-state index in [0.29, 0.717) is 43.6 Å². The molecule has 1 N–H and O–H groups in total. The summed E-state index contributed by atoms with van der Waals surface area (Å²) in [6, 6.07) is 8.74. The summed E-state index contributed by atoms with van der Waals surface area (Å²) in [4.78, 5) is 37.1. The third kappa shape index (κ3) is 3.28. The minimum absolute atomic E-state index is 0.0371. The zero-order valence-electron chi connectivity index (χ0n) is 16.4. The number of H-pyrrole nitrogens is 1. The number of aromatic amines is 1. The molecule has 0 aliphatic carbocycles. The fourth-order valence-corrected chi connectivity index (χ4v) is 4.50. The molecule has 8 heteroatoms. The molecule has 0 atom stereocenters. The molecule has 0 unspecified atom stereocenters. The summed E-state index contributed by atoms with van der Waals surface area (Å²) < 4.78 is 5.09. The van der Waals surface area contributed by atoms with Gasteiger partial charge in [0.2, 0.25) is 5.91 Å². The zero-order valence-corrected chi connectivity index (χ0v) is 16.4. The molecule has 3 heterocycles. The third-order valence-electron chi connectivity index (χ3n) is 5.97. The molecule has 1 fully saturated rings. The second-order valence-electron chi connectivity index (χ2n) is 7.47. The fourth-order valence-electron chi connectivity index (χ4n) is 4.50. The van der Waals surface area contributed by atoms with Crippen molar-refractivity contribution in [3.05, 3.63) is 53.1 Å². The van der Waals surface area contributed by atoms with Gasteiger partial charge in [0.1, 0.15) is 6.61 Å². The number of nitrogens with one attached hydrogen (secondary N) is 1. The number of nitriles is 1. The van der Waals surface area contributed by atoms with E-state index in [9.17, 15) is 9.59 Å². The summed E-state index contributed by atoms with van der Waals surface area (Å²) in [5, 5.41) is 8.93. The number of likely N-dealkylation sites (tertiary alicyclic amines) is 1. The molecule has 1 aromatic heterocycles. The molecule has 0 bridgehead atoms. The van der Waals surface area contributed by atoms with E-state index < -0.39 is 5.54 Å². The van der Waals surface area contributed by atoms with Gasteiger partial charge in [-0.1, -0.05) is 0 Å². The van der Waals surface area contributed by atoms with Crippen molar-refractivity contribution in [2.75, 3.05) is 33.4 Å². The lowest BCUT2D eigenvalue weighted by Crippen LogP contribution is -2.59. The summed E-state index contributed by atoms with van der Waals surface area (Å²) in [6.45, 7) is 1.71. The Morgan fingerprint density at radius 1 is 1.24 bits per heavy atom. The van der Waals surface area contributed by atoms with Crippen LogP contribution in [0.1, 0.15) is 40.2 Å². The van der Waals surface area contributed by atoms with Crippen LogP contribution in [0.25, 0.3) is 0 Å². The number of amides is 2. The van der Waals surface area contributed by atoms with Gasteiger partial charge in [-0.05, 0) is 37.1 Å². The van der Waals surface area contributed by atoms with Crippen molar-refractivity contribution < 1.29 is 14.3 Å². The summed E-state index contributed by atoms with van der Waals surface area (Å²) >= 11 is 0. The van der Waals surface area contributed by atoms with Crippen LogP contribution in [0.2, 0.25) is 0 Å². The van der Waals surface area contributed by atoms with Crippen LogP contribution in [-0.4, -0.2) is 64.9 Å². The number of aromatic nitrogens is 2. The molecule has 150 valence electrons. The molecule has 1 saturated heterocycles. The number of methoxy groups -OCH3 is 1. The molecule has 2 aromatic rings. The number of hydrogen-bond acceptors (Lipinski definition) is 5. The first-order valence-corrected chi connectivity index (χ1v) is 9.70. The third-order valence-corrected chi connectivity index (χ3v) is 5.97. The molecule has 2 aliphatic heterocycles. The van der Waals surface area contributed by atoms with E-state index in [1.54, 1.807) is 30.6 Å². The quantitative estimate of drug-likeness (QED) is 0.850. The van der Waals surface area contributed by atoms with Crippen LogP contribution in [0.4, 0.5) is 0 Å². The van der Waals surface area contributed by atoms with Crippen LogP contribution in [0, 0.1) is 11.3 Å². The summed E-state index contributed by atoms with van der Waals surface area (Å²) in [5.74, 6) is -0.106. The molecule has 8 nitrogen and oxygen atoms in total. The lowest BCUT2D eigenvalue weighted by molar-refractivity contribution is -0.145. The van der Waals surface area contributed by atoms with Gasteiger partial charge in [0.15, 0.2) is 0 Å². The SMILES string of the molecule is COCC(=O)N1CCc2[nH]cnc2C12CCN(C(=O)c1ccc(C#N)cc1)CC2. The van der Waals surface area contributed by atoms with Crippen molar-refractivity contribution in [1.82, 2.24) is 19.8 Å². The van der Waals surface area contributed by atoms with Gasteiger partial charge in [0.05, 0.1) is 29.2 Å². The number of rotatable bonds is 3. The highest BCUT2D eigenvalue weighted by atomic mass is 16.5. The number of carbonyl (C=O) groups excluding carboxylic acids is 2. The van der Waals surface area contributed by atoms with Gasteiger partial charge < -0.3 is 19.5 Å². The van der Waals surface area contributed by atoms with Crippen molar-refractivity contribution in [2.45, 2.75) is 24.8 Å². The second-order valence-corrected chi connectivity index (χ2v) is 7.47. The van der Waals surface area contributed by atoms with Gasteiger partial charge in [-0.15, -0.1) is 0 Å². The Labute approximate surface area is 169 Å². The standard InChI is InChI=1S/C21H23N5O3/c1-29-13-18(27)26-9-6-17-19(24-14-23-17)21(26)7-10-25(11-8-21)20(28)16-4-2-15(12-22)3-5-16/h2-5,14H,6-11,13H2,1H3,(H,23,24). The van der Waals surface area contributed by atoms with E-state index in [4.69, 9.17) is 10.00 Å². The average molecular weight is 393 g/mol. The Morgan fingerprint density at radius 2 is 1.97 bits per heavy atom. The van der Waals surface area contributed by atoms with Gasteiger partial charge >= 0.3 is 0 Å². The number of fused-ring (bicyclic) bond motifs is 2. The van der Waals surface area contributed by atoms with Crippen molar-refractivity contribution in [3.63, 3.8) is 0 Å². The van der Waals surface area contributed by atoms with Crippen molar-refractivity contribution in [2.24, 2.45) is 0 Å². The number of carbonyl (C=O) groups is 2. The Bertz CT molecular complexity index is 951. The summed E-state index contributed by atoms with van der Waals surface area (Å²) in [7, 11) is 1.52. The predicted octanol–water partition coefficient (Wildman–Crippen LogP) is 1.44. The van der Waals surface area contributed by atoms with Crippen LogP contribution >= 0.6 is 0 Å². The largest absolute Gasteiger partial charge is 0.375 e. The van der Waals surface area contributed by atoms with Crippen LogP contribution in [-0.2, 0) is 21.5 Å². The molecule has 2 aliphatic rings. The Hall–Kier alpha value is -3.18. The Balaban J connectivity index is 1.56. The molecular formula is C21H23N5O3. The van der Waals surface area contributed by atoms with Gasteiger partial charge in [0.25, 0.3) is 5.91 Å². The number of imidazole rings is 1. The fraction of sp³-hybridized carbons (Fsp3) is 0.429. The molecule has 1 spiro atoms. The number of ether oxygens (including phenoxy) is 1. The van der Waals surface area contributed by atoms with Crippen molar-refractivity contribution in [1.29, 1.82) is 5.26 Å². The molecule has 29 heavy (non-hydrogen) atoms. The number of nitrogens with zero attached hydrogens (tertiary/aromatic N) is 4. The van der Waals surface area contributed by atoms with E-state index in [2.05, 4.69) is 16.0 Å². The Morgan fingerprint density at radius 3 is 2.62 bits per heavy atom. The molecule has 4 rings (SSSR count). The average Bonchev–Trinajstić information content (AvgIpc) is 3.24. The van der Waals surface area contributed by atoms with Gasteiger partial charge in [-0.2, -0.15) is 5.26 Å². The predicted molar refractivity (Wildman–Crippen MR) is 104 cm³/mol. The first-order valence-electron chi connectivity index (χ1n) is 9.70. The Kier molecular flexibility index (Phi) is 5.07. The number of benzene rings is 1. The molecule has 0 radical (unpaired) electrons. The normalized spacial score (nSPS) is 17.7. The van der Waals surface area contributed by atoms with E-state index >= 15 is 0 Å². The van der Waals surface area contributed by atoms with Crippen molar-refractivity contribution in [3.8, 4) is 6.07 Å². The first kappa shape index (κ1) is 19.2. The minimum atomic E-state index is -0.509. The highest BCUT2D eigenvalue weighted by Gasteiger charge is 2.49. The van der Waals surface area contributed by atoms with Crippen LogP contribution < -0.4 is 0 Å². The van der Waals surface area contributed by atoms with Crippen LogP contribution in [0.5, 0.6) is 0 Å². The van der Waals surface area contributed by atoms with E-state index in [-0.39, 0.29) is 18.4 Å². The van der Waals surface area contributed by atoms with E-state index in [0.717, 1.165) is 17.8 Å². The molecule has 0 saturated carbocycles. The topological polar surface area (TPSA) is 102 Å². The number of hydrogen-bond donors (Lipinski definition) is 1. The lowest BCUT2D eigenvalue weighted by atomic mass is 9.78. The maximum atomic E-state index is 12.9. The highest BCUT2D eigenvalue weighted by molar-refractivity contribution is 5.94. The van der Waals surface area contributed by atoms with Crippen LogP contribution in [0.15, 0.2) is 30.6 Å². The van der Waals surface area contributed by atoms with E-state index in [1.807, 2.05) is 9.80 Å². The van der Waals surface area contributed by atoms with Gasteiger partial charge in [-0.25, -0.2) is 4.98 Å². The van der Waals surface area contributed by atoms with Gasteiger partial charge in [-0.3, -0.25) is 9.59 Å². The van der Waals surface area contributed by atoms with Gasteiger partial charge in [0, 0.05) is 44.4 Å². The highest BCUT2D eigenvalue weighted by Crippen LogP contribution is 2.42. The molecular weight excluding hydrogens is 370 g/mol. The van der Waals surface area contributed by atoms with E-state index in [1.165, 1.54) is 7.11 Å². The first-order chi connectivity index (χ1) is 14.1. The minimum Gasteiger partial charge on any atom is -0.375 e. The monoisotopic (exact) mass is 393 g/mol.